The third-order valence-corrected chi connectivity index (χ3v) is 4.12. The molecule has 1 unspecified atom stereocenters. The highest BCUT2D eigenvalue weighted by atomic mass is 15.1. The van der Waals surface area contributed by atoms with Crippen LogP contribution in [0.1, 0.15) is 18.1 Å². The minimum Gasteiger partial charge on any atom is -0.369 e. The molecule has 1 aliphatic heterocycles. The highest BCUT2D eigenvalue weighted by Gasteiger charge is 2.16. The number of nitrogens with zero attached hydrogens (tertiary/aromatic N) is 2. The largest absolute Gasteiger partial charge is 0.369 e. The number of anilines is 1. The third kappa shape index (κ3) is 2.22. The van der Waals surface area contributed by atoms with Crippen molar-refractivity contribution in [3.05, 3.63) is 53.6 Å². The summed E-state index contributed by atoms with van der Waals surface area (Å²) in [6.07, 6.45) is 2.01. The standard InChI is InChI=1S/C18H20N2/c1-13-6-4-5-7-17(13)15-8-9-18-16(10-15)12-19-11-14(2)20(18)3/h4-10,12,14H,11H2,1-3H3. The van der Waals surface area contributed by atoms with E-state index < -0.39 is 0 Å². The molecule has 2 nitrogen and oxygen atoms in total. The second-order valence-corrected chi connectivity index (χ2v) is 5.54. The fourth-order valence-corrected chi connectivity index (χ4v) is 2.71. The first kappa shape index (κ1) is 12.9. The highest BCUT2D eigenvalue weighted by Crippen LogP contribution is 2.29. The number of rotatable bonds is 1. The molecule has 0 fully saturated rings. The van der Waals surface area contributed by atoms with E-state index in [0.29, 0.717) is 6.04 Å². The first-order valence-corrected chi connectivity index (χ1v) is 7.09. The van der Waals surface area contributed by atoms with Gasteiger partial charge in [0.2, 0.25) is 0 Å². The van der Waals surface area contributed by atoms with Crippen LogP contribution in [0.2, 0.25) is 0 Å². The molecular formula is C18H20N2. The Morgan fingerprint density at radius 1 is 1.15 bits per heavy atom. The molecular weight excluding hydrogens is 244 g/mol. The van der Waals surface area contributed by atoms with E-state index in [1.165, 1.54) is 27.9 Å². The van der Waals surface area contributed by atoms with Crippen LogP contribution >= 0.6 is 0 Å². The maximum absolute atomic E-state index is 4.53. The van der Waals surface area contributed by atoms with E-state index >= 15 is 0 Å². The number of benzodiazepines with no additional fused rings is 1. The SMILES string of the molecule is Cc1ccccc1-c1ccc2c(c1)C=NCC(C)N2C. The lowest BCUT2D eigenvalue weighted by Gasteiger charge is -2.25. The molecule has 0 aromatic heterocycles. The van der Waals surface area contributed by atoms with Gasteiger partial charge in [0.05, 0.1) is 6.54 Å². The molecule has 102 valence electrons. The Bertz CT molecular complexity index is 658. The topological polar surface area (TPSA) is 15.6 Å². The van der Waals surface area contributed by atoms with Gasteiger partial charge in [0.25, 0.3) is 0 Å². The van der Waals surface area contributed by atoms with Crippen LogP contribution in [0.25, 0.3) is 11.1 Å². The van der Waals surface area contributed by atoms with Crippen molar-refractivity contribution in [1.82, 2.24) is 0 Å². The number of benzene rings is 2. The zero-order valence-corrected chi connectivity index (χ0v) is 12.3. The second-order valence-electron chi connectivity index (χ2n) is 5.54. The fourth-order valence-electron chi connectivity index (χ4n) is 2.71. The van der Waals surface area contributed by atoms with E-state index in [0.717, 1.165) is 6.54 Å². The maximum Gasteiger partial charge on any atom is 0.0590 e. The number of fused-ring (bicyclic) bond motifs is 1. The van der Waals surface area contributed by atoms with Gasteiger partial charge in [0, 0.05) is 30.6 Å². The minimum absolute atomic E-state index is 0.441. The van der Waals surface area contributed by atoms with E-state index in [9.17, 15) is 0 Å². The summed E-state index contributed by atoms with van der Waals surface area (Å²) in [6.45, 7) is 5.22. The molecule has 1 heterocycles. The van der Waals surface area contributed by atoms with E-state index in [1.54, 1.807) is 0 Å². The van der Waals surface area contributed by atoms with Gasteiger partial charge >= 0.3 is 0 Å². The smallest absolute Gasteiger partial charge is 0.0590 e. The molecule has 2 aromatic carbocycles. The zero-order chi connectivity index (χ0) is 14.1. The lowest BCUT2D eigenvalue weighted by Crippen LogP contribution is -2.30. The number of hydrogen-bond acceptors (Lipinski definition) is 2. The van der Waals surface area contributed by atoms with Crippen molar-refractivity contribution in [3.8, 4) is 11.1 Å². The Hall–Kier alpha value is -2.09. The summed E-state index contributed by atoms with van der Waals surface area (Å²) in [5.41, 5.74) is 6.33. The first-order chi connectivity index (χ1) is 9.66. The average molecular weight is 264 g/mol. The van der Waals surface area contributed by atoms with E-state index in [-0.39, 0.29) is 0 Å². The van der Waals surface area contributed by atoms with Crippen molar-refractivity contribution in [2.24, 2.45) is 4.99 Å². The van der Waals surface area contributed by atoms with Gasteiger partial charge in [-0.2, -0.15) is 0 Å². The summed E-state index contributed by atoms with van der Waals surface area (Å²) in [5, 5.41) is 0. The maximum atomic E-state index is 4.53. The van der Waals surface area contributed by atoms with Crippen LogP contribution in [-0.4, -0.2) is 25.8 Å². The highest BCUT2D eigenvalue weighted by molar-refractivity contribution is 5.91. The molecule has 0 saturated carbocycles. The van der Waals surface area contributed by atoms with Crippen molar-refractivity contribution in [3.63, 3.8) is 0 Å². The molecule has 0 saturated heterocycles. The molecule has 2 heteroatoms. The molecule has 0 aliphatic carbocycles. The van der Waals surface area contributed by atoms with Gasteiger partial charge in [-0.1, -0.05) is 30.3 Å². The van der Waals surface area contributed by atoms with Gasteiger partial charge in [-0.25, -0.2) is 0 Å². The van der Waals surface area contributed by atoms with Crippen molar-refractivity contribution < 1.29 is 0 Å². The molecule has 20 heavy (non-hydrogen) atoms. The van der Waals surface area contributed by atoms with Gasteiger partial charge in [-0.05, 0) is 42.7 Å². The van der Waals surface area contributed by atoms with Crippen LogP contribution in [0.5, 0.6) is 0 Å². The van der Waals surface area contributed by atoms with E-state index in [1.807, 2.05) is 6.21 Å². The fraction of sp³-hybridized carbons (Fsp3) is 0.278. The average Bonchev–Trinajstić information content (AvgIpc) is 2.59. The Balaban J connectivity index is 2.10. The molecule has 1 aliphatic rings. The number of aliphatic imine (C=N–C) groups is 1. The van der Waals surface area contributed by atoms with Crippen molar-refractivity contribution >= 4 is 11.9 Å². The van der Waals surface area contributed by atoms with E-state index in [4.69, 9.17) is 0 Å². The van der Waals surface area contributed by atoms with Crippen LogP contribution < -0.4 is 4.90 Å². The first-order valence-electron chi connectivity index (χ1n) is 7.09. The summed E-state index contributed by atoms with van der Waals surface area (Å²) in [7, 11) is 2.14. The Kier molecular flexibility index (Phi) is 3.31. The van der Waals surface area contributed by atoms with Gasteiger partial charge in [-0.15, -0.1) is 0 Å². The minimum atomic E-state index is 0.441. The summed E-state index contributed by atoms with van der Waals surface area (Å²) in [5.74, 6) is 0. The van der Waals surface area contributed by atoms with Gasteiger partial charge in [0.1, 0.15) is 0 Å². The summed E-state index contributed by atoms with van der Waals surface area (Å²) < 4.78 is 0. The Labute approximate surface area is 120 Å². The Morgan fingerprint density at radius 2 is 1.95 bits per heavy atom. The molecule has 0 amide bonds. The predicted octanol–water partition coefficient (Wildman–Crippen LogP) is 3.92. The number of likely N-dealkylation sites (N-methyl/N-ethyl adjacent to an activating group) is 1. The van der Waals surface area contributed by atoms with Crippen LogP contribution in [0, 0.1) is 6.92 Å². The van der Waals surface area contributed by atoms with Crippen LogP contribution in [0.15, 0.2) is 47.5 Å². The van der Waals surface area contributed by atoms with Gasteiger partial charge < -0.3 is 4.90 Å². The second kappa shape index (κ2) is 5.12. The molecule has 0 bridgehead atoms. The lowest BCUT2D eigenvalue weighted by atomic mass is 9.98. The normalized spacial score (nSPS) is 17.8. The van der Waals surface area contributed by atoms with Crippen molar-refractivity contribution in [1.29, 1.82) is 0 Å². The Morgan fingerprint density at radius 3 is 2.75 bits per heavy atom. The summed E-state index contributed by atoms with van der Waals surface area (Å²) >= 11 is 0. The van der Waals surface area contributed by atoms with Gasteiger partial charge in [0.15, 0.2) is 0 Å². The summed E-state index contributed by atoms with van der Waals surface area (Å²) in [4.78, 5) is 6.84. The number of aryl methyl sites for hydroxylation is 1. The molecule has 3 rings (SSSR count). The third-order valence-electron chi connectivity index (χ3n) is 4.12. The zero-order valence-electron chi connectivity index (χ0n) is 12.3. The molecule has 0 spiro atoms. The van der Waals surface area contributed by atoms with Crippen molar-refractivity contribution in [2.45, 2.75) is 19.9 Å². The predicted molar refractivity (Wildman–Crippen MR) is 86.9 cm³/mol. The van der Waals surface area contributed by atoms with Crippen LogP contribution in [-0.2, 0) is 0 Å². The molecule has 2 aromatic rings. The monoisotopic (exact) mass is 264 g/mol. The molecule has 0 N–H and O–H groups in total. The van der Waals surface area contributed by atoms with E-state index in [2.05, 4.69) is 73.3 Å². The quantitative estimate of drug-likeness (QED) is 0.762. The number of hydrogen-bond donors (Lipinski definition) is 0. The van der Waals surface area contributed by atoms with Gasteiger partial charge in [-0.3, -0.25) is 4.99 Å². The van der Waals surface area contributed by atoms with Crippen LogP contribution in [0.3, 0.4) is 0 Å². The lowest BCUT2D eigenvalue weighted by molar-refractivity contribution is 0.703. The van der Waals surface area contributed by atoms with Crippen molar-refractivity contribution in [2.75, 3.05) is 18.5 Å². The molecule has 0 radical (unpaired) electrons. The summed E-state index contributed by atoms with van der Waals surface area (Å²) in [6, 6.07) is 15.6. The van der Waals surface area contributed by atoms with Crippen LogP contribution in [0.4, 0.5) is 5.69 Å². The molecule has 1 atom stereocenters.